The quantitative estimate of drug-likeness (QED) is 0.590. The number of hydrogen-bond donors (Lipinski definition) is 1. The Morgan fingerprint density at radius 2 is 2.00 bits per heavy atom. The maximum absolute atomic E-state index is 13.4. The summed E-state index contributed by atoms with van der Waals surface area (Å²) in [4.78, 5) is 1.05. The van der Waals surface area contributed by atoms with Gasteiger partial charge in [0.1, 0.15) is 5.82 Å². The van der Waals surface area contributed by atoms with Crippen molar-refractivity contribution in [1.29, 1.82) is 0 Å². The van der Waals surface area contributed by atoms with Gasteiger partial charge < -0.3 is 5.32 Å². The Hall–Kier alpha value is -1.10. The molecule has 0 aliphatic heterocycles. The zero-order valence-corrected chi connectivity index (χ0v) is 13.4. The van der Waals surface area contributed by atoms with Crippen LogP contribution >= 0.6 is 38.9 Å². The second-order valence-electron chi connectivity index (χ2n) is 4.32. The average Bonchev–Trinajstić information content (AvgIpc) is 2.77. The van der Waals surface area contributed by atoms with Crippen molar-refractivity contribution < 1.29 is 4.39 Å². The lowest BCUT2D eigenvalue weighted by Crippen LogP contribution is -1.98. The van der Waals surface area contributed by atoms with Crippen molar-refractivity contribution in [2.45, 2.75) is 6.54 Å². The highest BCUT2D eigenvalue weighted by molar-refractivity contribution is 9.10. The molecule has 0 spiro atoms. The molecular weight excluding hydrogens is 361 g/mol. The van der Waals surface area contributed by atoms with Gasteiger partial charge in [0.15, 0.2) is 0 Å². The predicted molar refractivity (Wildman–Crippen MR) is 88.3 cm³/mol. The fourth-order valence-corrected chi connectivity index (χ4v) is 3.65. The summed E-state index contributed by atoms with van der Waals surface area (Å²) in [5, 5.41) is 5.04. The lowest BCUT2D eigenvalue weighted by atomic mass is 10.2. The third-order valence-corrected chi connectivity index (χ3v) is 5.33. The Labute approximate surface area is 133 Å². The van der Waals surface area contributed by atoms with Crippen molar-refractivity contribution in [2.24, 2.45) is 0 Å². The first kappa shape index (κ1) is 13.9. The maximum atomic E-state index is 13.4. The van der Waals surface area contributed by atoms with Gasteiger partial charge in [-0.25, -0.2) is 4.39 Å². The third-order valence-electron chi connectivity index (χ3n) is 2.97. The van der Waals surface area contributed by atoms with E-state index in [-0.39, 0.29) is 5.82 Å². The molecule has 3 rings (SSSR count). The van der Waals surface area contributed by atoms with E-state index in [2.05, 4.69) is 27.3 Å². The van der Waals surface area contributed by atoms with Crippen LogP contribution in [0.4, 0.5) is 10.1 Å². The molecule has 0 fully saturated rings. The van der Waals surface area contributed by atoms with Crippen molar-refractivity contribution in [3.05, 3.63) is 62.7 Å². The van der Waals surface area contributed by atoms with Crippen LogP contribution in [0, 0.1) is 5.82 Å². The summed E-state index contributed by atoms with van der Waals surface area (Å²) in [6, 6.07) is 13.0. The topological polar surface area (TPSA) is 12.0 Å². The minimum Gasteiger partial charge on any atom is -0.380 e. The van der Waals surface area contributed by atoms with Gasteiger partial charge in [0.05, 0.1) is 16.0 Å². The van der Waals surface area contributed by atoms with Crippen molar-refractivity contribution in [2.75, 3.05) is 5.32 Å². The highest BCUT2D eigenvalue weighted by Crippen LogP contribution is 2.35. The van der Waals surface area contributed by atoms with E-state index < -0.39 is 0 Å². The Kier molecular flexibility index (Phi) is 3.96. The number of benzene rings is 2. The van der Waals surface area contributed by atoms with Crippen LogP contribution in [-0.4, -0.2) is 0 Å². The molecule has 1 nitrogen and oxygen atoms in total. The van der Waals surface area contributed by atoms with Gasteiger partial charge in [-0.3, -0.25) is 0 Å². The second kappa shape index (κ2) is 5.72. The first-order valence-corrected chi connectivity index (χ1v) is 7.99. The number of halogens is 3. The number of thiophene rings is 1. The van der Waals surface area contributed by atoms with Crippen molar-refractivity contribution in [3.8, 4) is 0 Å². The summed E-state index contributed by atoms with van der Waals surface area (Å²) in [6.07, 6.45) is 0. The molecule has 0 amide bonds. The van der Waals surface area contributed by atoms with Crippen LogP contribution in [-0.2, 0) is 6.54 Å². The van der Waals surface area contributed by atoms with Crippen LogP contribution in [0.1, 0.15) is 4.88 Å². The normalized spacial score (nSPS) is 10.9. The predicted octanol–water partition coefficient (Wildman–Crippen LogP) is 6.07. The molecule has 20 heavy (non-hydrogen) atoms. The summed E-state index contributed by atoms with van der Waals surface area (Å²) < 4.78 is 15.1. The molecule has 0 radical (unpaired) electrons. The average molecular weight is 371 g/mol. The Morgan fingerprint density at radius 1 is 1.20 bits per heavy atom. The molecule has 0 aliphatic carbocycles. The SMILES string of the molecule is Fc1cc(NCc2sc3ccccc3c2Cl)ccc1Br. The fraction of sp³-hybridized carbons (Fsp3) is 0.0667. The zero-order valence-electron chi connectivity index (χ0n) is 10.3. The van der Waals surface area contributed by atoms with Gasteiger partial charge >= 0.3 is 0 Å². The van der Waals surface area contributed by atoms with Gasteiger partial charge in [-0.2, -0.15) is 0 Å². The van der Waals surface area contributed by atoms with Crippen LogP contribution in [0.3, 0.4) is 0 Å². The van der Waals surface area contributed by atoms with Gasteiger partial charge in [0.2, 0.25) is 0 Å². The van der Waals surface area contributed by atoms with Crippen LogP contribution in [0.25, 0.3) is 10.1 Å². The summed E-state index contributed by atoms with van der Waals surface area (Å²) in [5.41, 5.74) is 0.735. The van der Waals surface area contributed by atoms with Crippen LogP contribution in [0.15, 0.2) is 46.9 Å². The Balaban J connectivity index is 1.83. The molecule has 1 aromatic heterocycles. The van der Waals surface area contributed by atoms with Crippen molar-refractivity contribution in [1.82, 2.24) is 0 Å². The molecule has 3 aromatic rings. The van der Waals surface area contributed by atoms with Crippen molar-refractivity contribution >= 4 is 54.6 Å². The molecule has 1 heterocycles. The molecule has 5 heteroatoms. The van der Waals surface area contributed by atoms with Gasteiger partial charge in [-0.1, -0.05) is 29.8 Å². The van der Waals surface area contributed by atoms with Crippen LogP contribution < -0.4 is 5.32 Å². The number of anilines is 1. The van der Waals surface area contributed by atoms with Gasteiger partial charge in [-0.05, 0) is 40.2 Å². The first-order valence-electron chi connectivity index (χ1n) is 6.00. The molecule has 0 unspecified atom stereocenters. The number of nitrogens with one attached hydrogen (secondary N) is 1. The molecule has 0 aliphatic rings. The Bertz CT molecular complexity index is 772. The summed E-state index contributed by atoms with van der Waals surface area (Å²) in [7, 11) is 0. The lowest BCUT2D eigenvalue weighted by Gasteiger charge is -2.06. The number of hydrogen-bond acceptors (Lipinski definition) is 2. The van der Waals surface area contributed by atoms with Crippen LogP contribution in [0.2, 0.25) is 5.02 Å². The van der Waals surface area contributed by atoms with E-state index >= 15 is 0 Å². The Morgan fingerprint density at radius 3 is 2.75 bits per heavy atom. The summed E-state index contributed by atoms with van der Waals surface area (Å²) >= 11 is 11.2. The highest BCUT2D eigenvalue weighted by atomic mass is 79.9. The zero-order chi connectivity index (χ0) is 14.1. The molecule has 0 bridgehead atoms. The smallest absolute Gasteiger partial charge is 0.139 e. The van der Waals surface area contributed by atoms with E-state index in [4.69, 9.17) is 11.6 Å². The van der Waals surface area contributed by atoms with E-state index in [0.717, 1.165) is 25.7 Å². The molecule has 1 N–H and O–H groups in total. The van der Waals surface area contributed by atoms with E-state index in [1.165, 1.54) is 6.07 Å². The molecule has 0 atom stereocenters. The first-order chi connectivity index (χ1) is 9.65. The maximum Gasteiger partial charge on any atom is 0.139 e. The van der Waals surface area contributed by atoms with Crippen LogP contribution in [0.5, 0.6) is 0 Å². The molecule has 0 saturated carbocycles. The number of rotatable bonds is 3. The molecule has 102 valence electrons. The molecule has 2 aromatic carbocycles. The fourth-order valence-electron chi connectivity index (χ4n) is 1.97. The van der Waals surface area contributed by atoms with E-state index in [1.54, 1.807) is 17.4 Å². The van der Waals surface area contributed by atoms with Crippen molar-refractivity contribution in [3.63, 3.8) is 0 Å². The van der Waals surface area contributed by atoms with Gasteiger partial charge in [0, 0.05) is 20.7 Å². The summed E-state index contributed by atoms with van der Waals surface area (Å²) in [6.45, 7) is 0.583. The van der Waals surface area contributed by atoms with Gasteiger partial charge in [-0.15, -0.1) is 11.3 Å². The van der Waals surface area contributed by atoms with E-state index in [0.29, 0.717) is 11.0 Å². The molecule has 0 saturated heterocycles. The minimum absolute atomic E-state index is 0.280. The van der Waals surface area contributed by atoms with Gasteiger partial charge in [0.25, 0.3) is 0 Å². The summed E-state index contributed by atoms with van der Waals surface area (Å²) in [5.74, 6) is -0.280. The standard InChI is InChI=1S/C15H10BrClFNS/c16-11-6-5-9(7-12(11)18)19-8-14-15(17)10-3-1-2-4-13(10)20-14/h1-7,19H,8H2. The van der Waals surface area contributed by atoms with E-state index in [9.17, 15) is 4.39 Å². The third kappa shape index (κ3) is 2.68. The number of fused-ring (bicyclic) bond motifs is 1. The largest absolute Gasteiger partial charge is 0.380 e. The lowest BCUT2D eigenvalue weighted by molar-refractivity contribution is 0.621. The molecular formula is C15H10BrClFNS. The highest BCUT2D eigenvalue weighted by Gasteiger charge is 2.09. The second-order valence-corrected chi connectivity index (χ2v) is 6.69. The minimum atomic E-state index is -0.280. The monoisotopic (exact) mass is 369 g/mol. The van der Waals surface area contributed by atoms with E-state index in [1.807, 2.05) is 24.3 Å².